The van der Waals surface area contributed by atoms with Crippen molar-refractivity contribution < 1.29 is 13.5 Å². The quantitative estimate of drug-likeness (QED) is 0.738. The van der Waals surface area contributed by atoms with Crippen LogP contribution >= 0.6 is 15.9 Å². The zero-order chi connectivity index (χ0) is 14.0. The van der Waals surface area contributed by atoms with Gasteiger partial charge < -0.3 is 4.74 Å². The highest BCUT2D eigenvalue weighted by atomic mass is 79.9. The second kappa shape index (κ2) is 5.70. The summed E-state index contributed by atoms with van der Waals surface area (Å²) >= 11 is 3.41. The van der Waals surface area contributed by atoms with Gasteiger partial charge >= 0.3 is 0 Å². The molecule has 1 unspecified atom stereocenters. The van der Waals surface area contributed by atoms with Crippen LogP contribution in [0.5, 0.6) is 5.75 Å². The lowest BCUT2D eigenvalue weighted by Crippen LogP contribution is -1.99. The first-order valence-electron chi connectivity index (χ1n) is 5.77. The highest BCUT2D eigenvalue weighted by Gasteiger charge is 2.17. The molecule has 0 heterocycles. The molecule has 0 saturated heterocycles. The molecule has 2 aromatic carbocycles. The molecule has 0 aliphatic carbocycles. The van der Waals surface area contributed by atoms with E-state index >= 15 is 0 Å². The summed E-state index contributed by atoms with van der Waals surface area (Å²) in [7, 11) is 1.41. The van der Waals surface area contributed by atoms with E-state index in [2.05, 4.69) is 15.9 Å². The van der Waals surface area contributed by atoms with Crippen molar-refractivity contribution in [3.05, 3.63) is 64.7 Å². The molecule has 0 saturated carbocycles. The van der Waals surface area contributed by atoms with Crippen molar-refractivity contribution in [3.8, 4) is 5.75 Å². The van der Waals surface area contributed by atoms with Gasteiger partial charge in [0.25, 0.3) is 0 Å². The first kappa shape index (κ1) is 14.0. The second-order valence-electron chi connectivity index (χ2n) is 4.23. The van der Waals surface area contributed by atoms with Gasteiger partial charge in [-0.15, -0.1) is 0 Å². The van der Waals surface area contributed by atoms with Crippen molar-refractivity contribution in [3.63, 3.8) is 0 Å². The second-order valence-corrected chi connectivity index (χ2v) is 5.15. The van der Waals surface area contributed by atoms with Crippen LogP contribution in [0.2, 0.25) is 0 Å². The lowest BCUT2D eigenvalue weighted by molar-refractivity contribution is 0.386. The van der Waals surface area contributed by atoms with Gasteiger partial charge in [-0.1, -0.05) is 40.2 Å². The van der Waals surface area contributed by atoms with Crippen LogP contribution in [0, 0.1) is 18.6 Å². The monoisotopic (exact) mass is 326 g/mol. The van der Waals surface area contributed by atoms with E-state index in [4.69, 9.17) is 4.74 Å². The van der Waals surface area contributed by atoms with Crippen LogP contribution in [0.25, 0.3) is 0 Å². The summed E-state index contributed by atoms with van der Waals surface area (Å²) < 4.78 is 32.6. The third kappa shape index (κ3) is 2.78. The molecule has 0 amide bonds. The summed E-state index contributed by atoms with van der Waals surface area (Å²) in [4.78, 5) is -0.396. The fourth-order valence-corrected chi connectivity index (χ4v) is 2.52. The van der Waals surface area contributed by atoms with Crippen LogP contribution in [0.1, 0.15) is 21.5 Å². The molecular formula is C15H13BrF2O. The Morgan fingerprint density at radius 3 is 2.53 bits per heavy atom. The molecule has 1 atom stereocenters. The number of ether oxygens (including phenoxy) is 1. The lowest BCUT2D eigenvalue weighted by atomic mass is 10.0. The maximum atomic E-state index is 14.0. The molecule has 0 N–H and O–H groups in total. The summed E-state index contributed by atoms with van der Waals surface area (Å²) in [5.74, 6) is -0.564. The topological polar surface area (TPSA) is 9.23 Å². The number of hydrogen-bond donors (Lipinski definition) is 0. The van der Waals surface area contributed by atoms with Gasteiger partial charge in [-0.05, 0) is 30.2 Å². The van der Waals surface area contributed by atoms with Crippen LogP contribution in [0.3, 0.4) is 0 Å². The first-order chi connectivity index (χ1) is 9.04. The number of benzene rings is 2. The third-order valence-electron chi connectivity index (χ3n) is 2.96. The molecule has 0 aromatic heterocycles. The molecule has 2 rings (SSSR count). The summed E-state index contributed by atoms with van der Waals surface area (Å²) in [5.41, 5.74) is 1.70. The van der Waals surface area contributed by atoms with Crippen molar-refractivity contribution in [2.24, 2.45) is 0 Å². The van der Waals surface area contributed by atoms with Crippen LogP contribution in [0.4, 0.5) is 8.78 Å². The van der Waals surface area contributed by atoms with E-state index in [0.29, 0.717) is 16.7 Å². The number of hydrogen-bond acceptors (Lipinski definition) is 1. The molecular weight excluding hydrogens is 314 g/mol. The van der Waals surface area contributed by atoms with E-state index in [9.17, 15) is 8.78 Å². The highest BCUT2D eigenvalue weighted by molar-refractivity contribution is 9.09. The van der Waals surface area contributed by atoms with Crippen molar-refractivity contribution >= 4 is 15.9 Å². The molecule has 0 spiro atoms. The number of aryl methyl sites for hydroxylation is 1. The molecule has 0 aliphatic rings. The van der Waals surface area contributed by atoms with E-state index < -0.39 is 10.6 Å². The Kier molecular flexibility index (Phi) is 4.20. The smallest absolute Gasteiger partial charge is 0.165 e. The van der Waals surface area contributed by atoms with Crippen molar-refractivity contribution in [2.45, 2.75) is 11.8 Å². The SMILES string of the molecule is COc1ccc(C(Br)c2cccc(C)c2F)cc1F. The molecule has 2 aromatic rings. The number of methoxy groups -OCH3 is 1. The lowest BCUT2D eigenvalue weighted by Gasteiger charge is -2.14. The molecule has 100 valence electrons. The Labute approximate surface area is 119 Å². The average molecular weight is 327 g/mol. The van der Waals surface area contributed by atoms with Gasteiger partial charge in [0, 0.05) is 5.56 Å². The van der Waals surface area contributed by atoms with Gasteiger partial charge in [0.2, 0.25) is 0 Å². The largest absolute Gasteiger partial charge is 0.494 e. The summed E-state index contributed by atoms with van der Waals surface area (Å²) in [6, 6.07) is 9.76. The highest BCUT2D eigenvalue weighted by Crippen LogP contribution is 2.34. The number of halogens is 3. The van der Waals surface area contributed by atoms with Crippen LogP contribution in [-0.2, 0) is 0 Å². The van der Waals surface area contributed by atoms with Crippen LogP contribution < -0.4 is 4.74 Å². The molecule has 0 radical (unpaired) electrons. The third-order valence-corrected chi connectivity index (χ3v) is 3.99. The Morgan fingerprint density at radius 2 is 1.89 bits per heavy atom. The predicted octanol–water partition coefficient (Wildman–Crippen LogP) is 4.77. The summed E-state index contributed by atoms with van der Waals surface area (Å²) in [6.07, 6.45) is 0. The average Bonchev–Trinajstić information content (AvgIpc) is 2.41. The van der Waals surface area contributed by atoms with E-state index in [1.165, 1.54) is 19.2 Å². The van der Waals surface area contributed by atoms with Gasteiger partial charge in [-0.2, -0.15) is 0 Å². The predicted molar refractivity (Wildman–Crippen MR) is 74.9 cm³/mol. The van der Waals surface area contributed by atoms with E-state index in [-0.39, 0.29) is 11.6 Å². The van der Waals surface area contributed by atoms with E-state index in [1.54, 1.807) is 31.2 Å². The fraction of sp³-hybridized carbons (Fsp3) is 0.200. The van der Waals surface area contributed by atoms with Gasteiger partial charge in [-0.3, -0.25) is 0 Å². The maximum absolute atomic E-state index is 14.0. The van der Waals surface area contributed by atoms with Gasteiger partial charge in [0.05, 0.1) is 11.9 Å². The number of rotatable bonds is 3. The molecule has 19 heavy (non-hydrogen) atoms. The van der Waals surface area contributed by atoms with Crippen molar-refractivity contribution in [1.29, 1.82) is 0 Å². The first-order valence-corrected chi connectivity index (χ1v) is 6.68. The fourth-order valence-electron chi connectivity index (χ4n) is 1.89. The van der Waals surface area contributed by atoms with E-state index in [1.807, 2.05) is 0 Å². The van der Waals surface area contributed by atoms with Crippen molar-refractivity contribution in [1.82, 2.24) is 0 Å². The molecule has 0 aliphatic heterocycles. The Balaban J connectivity index is 2.41. The van der Waals surface area contributed by atoms with Gasteiger partial charge in [0.15, 0.2) is 11.6 Å². The van der Waals surface area contributed by atoms with Gasteiger partial charge in [-0.25, -0.2) is 8.78 Å². The maximum Gasteiger partial charge on any atom is 0.165 e. The standard InChI is InChI=1S/C15H13BrF2O/c1-9-4-3-5-11(15(9)18)14(16)10-6-7-13(19-2)12(17)8-10/h3-8,14H,1-2H3. The molecule has 0 fully saturated rings. The Morgan fingerprint density at radius 1 is 1.16 bits per heavy atom. The molecule has 0 bridgehead atoms. The van der Waals surface area contributed by atoms with E-state index in [0.717, 1.165) is 0 Å². The zero-order valence-corrected chi connectivity index (χ0v) is 12.2. The zero-order valence-electron chi connectivity index (χ0n) is 10.6. The van der Waals surface area contributed by atoms with Gasteiger partial charge in [0.1, 0.15) is 5.82 Å². The molecule has 1 nitrogen and oxygen atoms in total. The van der Waals surface area contributed by atoms with Crippen LogP contribution in [0.15, 0.2) is 36.4 Å². The minimum absolute atomic E-state index is 0.174. The van der Waals surface area contributed by atoms with Crippen molar-refractivity contribution in [2.75, 3.05) is 7.11 Å². The molecule has 4 heteroatoms. The summed E-state index contributed by atoms with van der Waals surface area (Å²) in [6.45, 7) is 1.70. The number of alkyl halides is 1. The normalized spacial score (nSPS) is 12.3. The minimum Gasteiger partial charge on any atom is -0.494 e. The minimum atomic E-state index is -0.461. The Bertz CT molecular complexity index is 599. The van der Waals surface area contributed by atoms with Crippen LogP contribution in [-0.4, -0.2) is 7.11 Å². The summed E-state index contributed by atoms with van der Waals surface area (Å²) in [5, 5.41) is 0. The Hall–Kier alpha value is -1.42.